The fourth-order valence-corrected chi connectivity index (χ4v) is 1.87. The van der Waals surface area contributed by atoms with Crippen LogP contribution in [-0.2, 0) is 11.3 Å². The molecule has 0 aliphatic carbocycles. The smallest absolute Gasteiger partial charge is 0.166 e. The zero-order valence-electron chi connectivity index (χ0n) is 10.3. The van der Waals surface area contributed by atoms with Gasteiger partial charge in [-0.15, -0.1) is 0 Å². The van der Waals surface area contributed by atoms with Crippen LogP contribution < -0.4 is 10.6 Å². The van der Waals surface area contributed by atoms with Gasteiger partial charge in [0.1, 0.15) is 5.82 Å². The van der Waals surface area contributed by atoms with Crippen LogP contribution >= 0.6 is 23.8 Å². The molecule has 1 unspecified atom stereocenters. The van der Waals surface area contributed by atoms with Crippen LogP contribution in [0.3, 0.4) is 0 Å². The summed E-state index contributed by atoms with van der Waals surface area (Å²) >= 11 is 10.8. The molecule has 0 spiro atoms. The van der Waals surface area contributed by atoms with E-state index in [4.69, 9.17) is 28.6 Å². The molecule has 0 aromatic heterocycles. The standard InChI is InChI=1S/C12H16ClFN2OS/c1-8(7-17-2)16-12(18)15-6-9-3-4-11(14)10(13)5-9/h3-5,8H,6-7H2,1-2H3,(H2,15,16,18). The summed E-state index contributed by atoms with van der Waals surface area (Å²) in [6.07, 6.45) is 0. The molecule has 6 heteroatoms. The van der Waals surface area contributed by atoms with Crippen molar-refractivity contribution in [3.8, 4) is 0 Å². The lowest BCUT2D eigenvalue weighted by molar-refractivity contribution is 0.179. The third-order valence-electron chi connectivity index (χ3n) is 2.23. The molecule has 3 nitrogen and oxygen atoms in total. The molecule has 0 aliphatic rings. The third kappa shape index (κ3) is 5.16. The Morgan fingerprint density at radius 2 is 2.28 bits per heavy atom. The lowest BCUT2D eigenvalue weighted by atomic mass is 10.2. The van der Waals surface area contributed by atoms with Gasteiger partial charge in [-0.2, -0.15) is 0 Å². The highest BCUT2D eigenvalue weighted by atomic mass is 35.5. The second-order valence-corrected chi connectivity index (χ2v) is 4.75. The normalized spacial score (nSPS) is 12.0. The maximum absolute atomic E-state index is 12.9. The number of nitrogens with one attached hydrogen (secondary N) is 2. The minimum atomic E-state index is -0.421. The molecule has 0 saturated heterocycles. The Morgan fingerprint density at radius 1 is 1.56 bits per heavy atom. The number of methoxy groups -OCH3 is 1. The Morgan fingerprint density at radius 3 is 2.89 bits per heavy atom. The number of thiocarbonyl (C=S) groups is 1. The second kappa shape index (κ2) is 7.51. The van der Waals surface area contributed by atoms with E-state index in [2.05, 4.69) is 10.6 Å². The van der Waals surface area contributed by atoms with Crippen molar-refractivity contribution in [2.75, 3.05) is 13.7 Å². The van der Waals surface area contributed by atoms with Crippen LogP contribution in [0.2, 0.25) is 5.02 Å². The van der Waals surface area contributed by atoms with E-state index >= 15 is 0 Å². The van der Waals surface area contributed by atoms with Crippen LogP contribution in [0.1, 0.15) is 12.5 Å². The third-order valence-corrected chi connectivity index (χ3v) is 2.78. The average Bonchev–Trinajstić information content (AvgIpc) is 2.31. The van der Waals surface area contributed by atoms with Gasteiger partial charge < -0.3 is 15.4 Å². The zero-order chi connectivity index (χ0) is 13.5. The topological polar surface area (TPSA) is 33.3 Å². The second-order valence-electron chi connectivity index (χ2n) is 3.93. The van der Waals surface area contributed by atoms with E-state index in [-0.39, 0.29) is 11.1 Å². The van der Waals surface area contributed by atoms with Gasteiger partial charge in [-0.3, -0.25) is 0 Å². The van der Waals surface area contributed by atoms with Gasteiger partial charge in [0.25, 0.3) is 0 Å². The average molecular weight is 291 g/mol. The Kier molecular flexibility index (Phi) is 6.32. The molecule has 18 heavy (non-hydrogen) atoms. The van der Waals surface area contributed by atoms with Crippen LogP contribution in [-0.4, -0.2) is 24.9 Å². The summed E-state index contributed by atoms with van der Waals surface area (Å²) in [7, 11) is 1.63. The quantitative estimate of drug-likeness (QED) is 0.816. The lowest BCUT2D eigenvalue weighted by Crippen LogP contribution is -2.42. The first-order valence-corrected chi connectivity index (χ1v) is 6.28. The van der Waals surface area contributed by atoms with Gasteiger partial charge in [0.05, 0.1) is 11.6 Å². The Labute approximate surface area is 117 Å². The van der Waals surface area contributed by atoms with E-state index in [1.165, 1.54) is 6.07 Å². The number of rotatable bonds is 5. The number of halogens is 2. The first-order valence-electron chi connectivity index (χ1n) is 5.50. The van der Waals surface area contributed by atoms with Crippen molar-refractivity contribution >= 4 is 28.9 Å². The van der Waals surface area contributed by atoms with Crippen molar-refractivity contribution in [3.63, 3.8) is 0 Å². The fourth-order valence-electron chi connectivity index (χ4n) is 1.40. The molecule has 1 aromatic rings. The van der Waals surface area contributed by atoms with Gasteiger partial charge in [0, 0.05) is 19.7 Å². The Balaban J connectivity index is 2.40. The molecule has 0 heterocycles. The Hall–Kier alpha value is -0.910. The summed E-state index contributed by atoms with van der Waals surface area (Å²) < 4.78 is 17.9. The molecule has 0 amide bonds. The van der Waals surface area contributed by atoms with Crippen molar-refractivity contribution in [1.29, 1.82) is 0 Å². The number of benzene rings is 1. The molecule has 1 atom stereocenters. The predicted octanol–water partition coefficient (Wildman–Crippen LogP) is 2.48. The number of hydrogen-bond acceptors (Lipinski definition) is 2. The molecule has 0 saturated carbocycles. The largest absolute Gasteiger partial charge is 0.383 e. The minimum Gasteiger partial charge on any atom is -0.383 e. The Bertz CT molecular complexity index is 417. The van der Waals surface area contributed by atoms with E-state index in [1.54, 1.807) is 19.2 Å². The summed E-state index contributed by atoms with van der Waals surface area (Å²) in [4.78, 5) is 0. The summed E-state index contributed by atoms with van der Waals surface area (Å²) in [5, 5.41) is 6.72. The highest BCUT2D eigenvalue weighted by molar-refractivity contribution is 7.80. The molecule has 1 aromatic carbocycles. The zero-order valence-corrected chi connectivity index (χ0v) is 11.9. The highest BCUT2D eigenvalue weighted by Gasteiger charge is 2.04. The van der Waals surface area contributed by atoms with Crippen LogP contribution in [0.4, 0.5) is 4.39 Å². The number of hydrogen-bond donors (Lipinski definition) is 2. The van der Waals surface area contributed by atoms with Crippen LogP contribution in [0.15, 0.2) is 18.2 Å². The highest BCUT2D eigenvalue weighted by Crippen LogP contribution is 2.15. The maximum atomic E-state index is 12.9. The van der Waals surface area contributed by atoms with E-state index in [0.29, 0.717) is 18.3 Å². The summed E-state index contributed by atoms with van der Waals surface area (Å²) in [6.45, 7) is 3.03. The van der Waals surface area contributed by atoms with Crippen LogP contribution in [0.25, 0.3) is 0 Å². The molecule has 2 N–H and O–H groups in total. The molecular formula is C12H16ClFN2OS. The molecule has 1 rings (SSSR count). The van der Waals surface area contributed by atoms with Crippen molar-refractivity contribution in [1.82, 2.24) is 10.6 Å². The van der Waals surface area contributed by atoms with Crippen LogP contribution in [0.5, 0.6) is 0 Å². The molecule has 0 fully saturated rings. The predicted molar refractivity (Wildman–Crippen MR) is 75.3 cm³/mol. The molecular weight excluding hydrogens is 275 g/mol. The van der Waals surface area contributed by atoms with Gasteiger partial charge in [-0.05, 0) is 36.8 Å². The fraction of sp³-hybridized carbons (Fsp3) is 0.417. The molecule has 100 valence electrons. The van der Waals surface area contributed by atoms with E-state index in [0.717, 1.165) is 5.56 Å². The molecule has 0 radical (unpaired) electrons. The SMILES string of the molecule is COCC(C)NC(=S)NCc1ccc(F)c(Cl)c1. The van der Waals surface area contributed by atoms with Crippen LogP contribution in [0, 0.1) is 5.82 Å². The van der Waals surface area contributed by atoms with Gasteiger partial charge in [0.2, 0.25) is 0 Å². The summed E-state index contributed by atoms with van der Waals surface area (Å²) in [5.41, 5.74) is 0.866. The monoisotopic (exact) mass is 290 g/mol. The van der Waals surface area contributed by atoms with Gasteiger partial charge in [-0.1, -0.05) is 17.7 Å². The van der Waals surface area contributed by atoms with Crippen molar-refractivity contribution in [2.45, 2.75) is 19.5 Å². The van der Waals surface area contributed by atoms with Gasteiger partial charge in [-0.25, -0.2) is 4.39 Å². The van der Waals surface area contributed by atoms with E-state index in [1.807, 2.05) is 6.92 Å². The summed E-state index contributed by atoms with van der Waals surface area (Å²) in [6, 6.07) is 4.70. The lowest BCUT2D eigenvalue weighted by Gasteiger charge is -2.16. The summed E-state index contributed by atoms with van der Waals surface area (Å²) in [5.74, 6) is -0.421. The first kappa shape index (κ1) is 15.1. The minimum absolute atomic E-state index is 0.112. The van der Waals surface area contributed by atoms with E-state index < -0.39 is 5.82 Å². The first-order chi connectivity index (χ1) is 8.52. The maximum Gasteiger partial charge on any atom is 0.166 e. The number of ether oxygens (including phenoxy) is 1. The van der Waals surface area contributed by atoms with Gasteiger partial charge in [0.15, 0.2) is 5.11 Å². The van der Waals surface area contributed by atoms with E-state index in [9.17, 15) is 4.39 Å². The molecule has 0 aliphatic heterocycles. The molecule has 0 bridgehead atoms. The van der Waals surface area contributed by atoms with Crippen molar-refractivity contribution in [2.24, 2.45) is 0 Å². The van der Waals surface area contributed by atoms with Crippen molar-refractivity contribution < 1.29 is 9.13 Å². The van der Waals surface area contributed by atoms with Gasteiger partial charge >= 0.3 is 0 Å². The van der Waals surface area contributed by atoms with Crippen molar-refractivity contribution in [3.05, 3.63) is 34.6 Å².